The quantitative estimate of drug-likeness (QED) is 0.777. The Labute approximate surface area is 124 Å². The van der Waals surface area contributed by atoms with Crippen LogP contribution in [0, 0.1) is 17.1 Å². The number of benzene rings is 2. The number of nitrogens with zero attached hydrogens (tertiary/aromatic N) is 1. The summed E-state index contributed by atoms with van der Waals surface area (Å²) in [6.07, 6.45) is -4.65. The summed E-state index contributed by atoms with van der Waals surface area (Å²) in [5.41, 5.74) is -0.507. The molecule has 0 fully saturated rings. The Bertz CT molecular complexity index is 732. The Morgan fingerprint density at radius 3 is 2.36 bits per heavy atom. The van der Waals surface area contributed by atoms with E-state index in [4.69, 9.17) is 10.00 Å². The topological polar surface area (TPSA) is 33.0 Å². The fourth-order valence-corrected chi connectivity index (χ4v) is 2.08. The van der Waals surface area contributed by atoms with Crippen LogP contribution in [0.15, 0.2) is 36.4 Å². The van der Waals surface area contributed by atoms with E-state index in [0.717, 1.165) is 18.2 Å². The van der Waals surface area contributed by atoms with Gasteiger partial charge in [-0.15, -0.1) is 0 Å². The Kier molecular flexibility index (Phi) is 4.36. The van der Waals surface area contributed by atoms with Gasteiger partial charge in [-0.3, -0.25) is 0 Å². The molecule has 2 nitrogen and oxygen atoms in total. The average molecular weight is 309 g/mol. The molecule has 0 unspecified atom stereocenters. The third-order valence-electron chi connectivity index (χ3n) is 3.17. The van der Waals surface area contributed by atoms with E-state index in [2.05, 4.69) is 0 Å². The van der Waals surface area contributed by atoms with Gasteiger partial charge in [-0.1, -0.05) is 6.07 Å². The molecule has 0 atom stereocenters. The zero-order chi connectivity index (χ0) is 16.3. The minimum atomic E-state index is -4.54. The predicted octanol–water partition coefficient (Wildman–Crippen LogP) is 4.59. The molecule has 0 aromatic heterocycles. The summed E-state index contributed by atoms with van der Waals surface area (Å²) < 4.78 is 57.5. The minimum absolute atomic E-state index is 0.00264. The van der Waals surface area contributed by atoms with E-state index in [9.17, 15) is 17.6 Å². The molecule has 0 saturated carbocycles. The third kappa shape index (κ3) is 3.19. The van der Waals surface area contributed by atoms with Crippen LogP contribution in [-0.2, 0) is 12.6 Å². The van der Waals surface area contributed by atoms with Crippen molar-refractivity contribution in [2.45, 2.75) is 12.6 Å². The van der Waals surface area contributed by atoms with E-state index >= 15 is 0 Å². The smallest absolute Gasteiger partial charge is 0.416 e. The highest BCUT2D eigenvalue weighted by atomic mass is 19.4. The van der Waals surface area contributed by atoms with Crippen molar-refractivity contribution in [2.24, 2.45) is 0 Å². The van der Waals surface area contributed by atoms with Crippen molar-refractivity contribution in [3.8, 4) is 22.9 Å². The van der Waals surface area contributed by atoms with Crippen molar-refractivity contribution in [2.75, 3.05) is 7.11 Å². The zero-order valence-corrected chi connectivity index (χ0v) is 11.5. The van der Waals surface area contributed by atoms with E-state index in [1.54, 1.807) is 0 Å². The Hall–Kier alpha value is -2.55. The molecule has 0 aliphatic rings. The summed E-state index contributed by atoms with van der Waals surface area (Å²) in [6, 6.07) is 8.69. The maximum absolute atomic E-state index is 14.1. The van der Waals surface area contributed by atoms with Crippen molar-refractivity contribution >= 4 is 0 Å². The highest BCUT2D eigenvalue weighted by Crippen LogP contribution is 2.35. The van der Waals surface area contributed by atoms with Crippen molar-refractivity contribution < 1.29 is 22.3 Å². The van der Waals surface area contributed by atoms with Gasteiger partial charge in [0.2, 0.25) is 0 Å². The monoisotopic (exact) mass is 309 g/mol. The van der Waals surface area contributed by atoms with E-state index in [0.29, 0.717) is 5.56 Å². The number of hydrogen-bond donors (Lipinski definition) is 0. The lowest BCUT2D eigenvalue weighted by Gasteiger charge is -2.13. The highest BCUT2D eigenvalue weighted by Gasteiger charge is 2.31. The van der Waals surface area contributed by atoms with Crippen LogP contribution in [-0.4, -0.2) is 7.11 Å². The number of methoxy groups -OCH3 is 1. The summed E-state index contributed by atoms with van der Waals surface area (Å²) >= 11 is 0. The van der Waals surface area contributed by atoms with Crippen molar-refractivity contribution in [3.63, 3.8) is 0 Å². The average Bonchev–Trinajstić information content (AvgIpc) is 2.47. The normalized spacial score (nSPS) is 11.1. The second kappa shape index (κ2) is 6.06. The predicted molar refractivity (Wildman–Crippen MR) is 72.7 cm³/mol. The van der Waals surface area contributed by atoms with E-state index < -0.39 is 17.6 Å². The Balaban J connectivity index is 2.63. The van der Waals surface area contributed by atoms with E-state index in [1.807, 2.05) is 6.07 Å². The second-order valence-electron chi connectivity index (χ2n) is 4.55. The van der Waals surface area contributed by atoms with Crippen LogP contribution in [0.5, 0.6) is 5.75 Å². The molecule has 114 valence electrons. The molecule has 0 N–H and O–H groups in total. The SMILES string of the molecule is COc1ccc(-c2cc(C(F)(F)F)ccc2CC#N)c(F)c1. The maximum Gasteiger partial charge on any atom is 0.416 e. The first-order chi connectivity index (χ1) is 10.4. The van der Waals surface area contributed by atoms with Crippen LogP contribution >= 0.6 is 0 Å². The first-order valence-corrected chi connectivity index (χ1v) is 6.28. The molecule has 2 aromatic rings. The van der Waals surface area contributed by atoms with Gasteiger partial charge < -0.3 is 4.74 Å². The van der Waals surface area contributed by atoms with Gasteiger partial charge in [-0.25, -0.2) is 4.39 Å². The molecule has 6 heteroatoms. The van der Waals surface area contributed by atoms with Gasteiger partial charge in [0.15, 0.2) is 0 Å². The van der Waals surface area contributed by atoms with Gasteiger partial charge >= 0.3 is 6.18 Å². The van der Waals surface area contributed by atoms with Crippen LogP contribution in [0.2, 0.25) is 0 Å². The molecule has 0 aliphatic carbocycles. The highest BCUT2D eigenvalue weighted by molar-refractivity contribution is 5.70. The molecule has 0 saturated heterocycles. The molecule has 0 spiro atoms. The minimum Gasteiger partial charge on any atom is -0.497 e. The standard InChI is InChI=1S/C16H11F4NO/c1-22-12-4-5-13(15(17)9-12)14-8-11(16(18,19)20)3-2-10(14)6-7-21/h2-5,8-9H,6H2,1H3. The number of alkyl halides is 3. The summed E-state index contributed by atoms with van der Waals surface area (Å²) in [5, 5.41) is 8.79. The van der Waals surface area contributed by atoms with Gasteiger partial charge in [0.1, 0.15) is 11.6 Å². The molecule has 0 amide bonds. The fourth-order valence-electron chi connectivity index (χ4n) is 2.08. The molecule has 0 bridgehead atoms. The van der Waals surface area contributed by atoms with Crippen LogP contribution < -0.4 is 4.74 Å². The summed E-state index contributed by atoms with van der Waals surface area (Å²) in [6.45, 7) is 0. The van der Waals surface area contributed by atoms with Gasteiger partial charge in [0.05, 0.1) is 25.2 Å². The second-order valence-corrected chi connectivity index (χ2v) is 4.55. The van der Waals surface area contributed by atoms with Gasteiger partial charge in [-0.05, 0) is 35.4 Å². The molecular formula is C16H11F4NO. The van der Waals surface area contributed by atoms with Crippen LogP contribution in [0.4, 0.5) is 17.6 Å². The number of hydrogen-bond acceptors (Lipinski definition) is 2. The molecule has 0 radical (unpaired) electrons. The fraction of sp³-hybridized carbons (Fsp3) is 0.188. The molecule has 2 rings (SSSR count). The number of rotatable bonds is 3. The molecule has 22 heavy (non-hydrogen) atoms. The third-order valence-corrected chi connectivity index (χ3v) is 3.17. The van der Waals surface area contributed by atoms with Crippen LogP contribution in [0.25, 0.3) is 11.1 Å². The van der Waals surface area contributed by atoms with Crippen molar-refractivity contribution in [1.29, 1.82) is 5.26 Å². The van der Waals surface area contributed by atoms with E-state index in [1.165, 1.54) is 25.3 Å². The molecule has 0 aliphatic heterocycles. The van der Waals surface area contributed by atoms with Crippen LogP contribution in [0.1, 0.15) is 11.1 Å². The summed E-state index contributed by atoms with van der Waals surface area (Å²) in [4.78, 5) is 0. The summed E-state index contributed by atoms with van der Waals surface area (Å²) in [5.74, 6) is -0.451. The Morgan fingerprint density at radius 1 is 1.09 bits per heavy atom. The number of nitriles is 1. The molecular weight excluding hydrogens is 298 g/mol. The van der Waals surface area contributed by atoms with Crippen molar-refractivity contribution in [1.82, 2.24) is 0 Å². The van der Waals surface area contributed by atoms with Crippen LogP contribution in [0.3, 0.4) is 0 Å². The van der Waals surface area contributed by atoms with Crippen molar-refractivity contribution in [3.05, 3.63) is 53.3 Å². The first-order valence-electron chi connectivity index (χ1n) is 6.28. The molecule has 2 aromatic carbocycles. The van der Waals surface area contributed by atoms with Gasteiger partial charge in [-0.2, -0.15) is 18.4 Å². The largest absolute Gasteiger partial charge is 0.497 e. The molecule has 0 heterocycles. The lowest BCUT2D eigenvalue weighted by molar-refractivity contribution is -0.137. The maximum atomic E-state index is 14.1. The summed E-state index contributed by atoms with van der Waals surface area (Å²) in [7, 11) is 1.36. The first kappa shape index (κ1) is 15.8. The number of ether oxygens (including phenoxy) is 1. The Morgan fingerprint density at radius 2 is 1.82 bits per heavy atom. The van der Waals surface area contributed by atoms with Gasteiger partial charge in [0, 0.05) is 11.6 Å². The lowest BCUT2D eigenvalue weighted by Crippen LogP contribution is -2.06. The zero-order valence-electron chi connectivity index (χ0n) is 11.5. The van der Waals surface area contributed by atoms with Gasteiger partial charge in [0.25, 0.3) is 0 Å². The van der Waals surface area contributed by atoms with E-state index in [-0.39, 0.29) is 23.3 Å². The lowest BCUT2D eigenvalue weighted by atomic mass is 9.95. The number of halogens is 4.